The van der Waals surface area contributed by atoms with Crippen molar-refractivity contribution in [3.8, 4) is 0 Å². The summed E-state index contributed by atoms with van der Waals surface area (Å²) >= 11 is 0. The molecular weight excluding hydrogens is 320 g/mol. The molecule has 0 radical (unpaired) electrons. The van der Waals surface area contributed by atoms with Crippen LogP contribution in [-0.4, -0.2) is 41.8 Å². The lowest BCUT2D eigenvalue weighted by Gasteiger charge is -2.36. The zero-order valence-corrected chi connectivity index (χ0v) is 15.5. The van der Waals surface area contributed by atoms with Gasteiger partial charge in [-0.05, 0) is 38.7 Å². The van der Waals surface area contributed by atoms with Crippen LogP contribution in [0.4, 0.5) is 9.59 Å². The number of hydrogen-bond donors (Lipinski definition) is 1. The minimum absolute atomic E-state index is 0.136. The van der Waals surface area contributed by atoms with Gasteiger partial charge in [-0.3, -0.25) is 0 Å². The summed E-state index contributed by atoms with van der Waals surface area (Å²) in [5, 5.41) is 2.85. The van der Waals surface area contributed by atoms with Gasteiger partial charge in [0, 0.05) is 13.1 Å². The van der Waals surface area contributed by atoms with Gasteiger partial charge >= 0.3 is 12.2 Å². The van der Waals surface area contributed by atoms with Crippen LogP contribution in [0.2, 0.25) is 0 Å². The Hall–Kier alpha value is -2.24. The van der Waals surface area contributed by atoms with Gasteiger partial charge in [0.15, 0.2) is 0 Å². The van der Waals surface area contributed by atoms with Crippen LogP contribution in [-0.2, 0) is 16.1 Å². The fourth-order valence-corrected chi connectivity index (χ4v) is 2.89. The van der Waals surface area contributed by atoms with Crippen molar-refractivity contribution in [2.75, 3.05) is 13.1 Å². The van der Waals surface area contributed by atoms with E-state index in [-0.39, 0.29) is 24.7 Å². The van der Waals surface area contributed by atoms with Crippen LogP contribution >= 0.6 is 0 Å². The van der Waals surface area contributed by atoms with Crippen molar-refractivity contribution in [3.63, 3.8) is 0 Å². The van der Waals surface area contributed by atoms with E-state index in [1.54, 1.807) is 4.90 Å². The second-order valence-electron chi connectivity index (χ2n) is 7.63. The Labute approximate surface area is 149 Å². The molecule has 0 saturated carbocycles. The molecule has 1 aromatic rings. The Morgan fingerprint density at radius 1 is 1.20 bits per heavy atom. The Kier molecular flexibility index (Phi) is 6.28. The van der Waals surface area contributed by atoms with Crippen molar-refractivity contribution in [1.29, 1.82) is 0 Å². The van der Waals surface area contributed by atoms with Crippen LogP contribution in [0.15, 0.2) is 30.3 Å². The van der Waals surface area contributed by atoms with Gasteiger partial charge in [-0.2, -0.15) is 0 Å². The van der Waals surface area contributed by atoms with Crippen LogP contribution in [0, 0.1) is 5.92 Å². The van der Waals surface area contributed by atoms with Crippen molar-refractivity contribution in [2.45, 2.75) is 52.4 Å². The monoisotopic (exact) mass is 348 g/mol. The second-order valence-corrected chi connectivity index (χ2v) is 7.63. The summed E-state index contributed by atoms with van der Waals surface area (Å²) < 4.78 is 10.7. The smallest absolute Gasteiger partial charge is 0.410 e. The molecule has 138 valence electrons. The van der Waals surface area contributed by atoms with Crippen molar-refractivity contribution < 1.29 is 19.1 Å². The standard InChI is InChI=1S/C19H28N2O4/c1-14-10-16(20-17(22)25-19(2,3)4)12-21(11-14)18(23)24-13-15-8-6-5-7-9-15/h5-9,14,16H,10-13H2,1-4H3,(H,20,22)/t14?,16-/m1/s1. The maximum Gasteiger partial charge on any atom is 0.410 e. The first-order valence-corrected chi connectivity index (χ1v) is 8.68. The molecule has 1 aromatic carbocycles. The number of alkyl carbamates (subject to hydrolysis) is 1. The maximum absolute atomic E-state index is 12.3. The molecule has 2 amide bonds. The number of ether oxygens (including phenoxy) is 2. The van der Waals surface area contributed by atoms with E-state index in [2.05, 4.69) is 12.2 Å². The molecule has 6 heteroatoms. The average Bonchev–Trinajstić information content (AvgIpc) is 2.51. The SMILES string of the molecule is CC1C[C@@H](NC(=O)OC(C)(C)C)CN(C(=O)OCc2ccccc2)C1. The minimum atomic E-state index is -0.543. The molecule has 1 N–H and O–H groups in total. The number of amides is 2. The highest BCUT2D eigenvalue weighted by Gasteiger charge is 2.30. The molecule has 0 bridgehead atoms. The number of carbonyl (C=O) groups is 2. The van der Waals surface area contributed by atoms with Gasteiger partial charge in [0.25, 0.3) is 0 Å². The van der Waals surface area contributed by atoms with Gasteiger partial charge in [-0.15, -0.1) is 0 Å². The Morgan fingerprint density at radius 2 is 1.88 bits per heavy atom. The van der Waals surface area contributed by atoms with E-state index < -0.39 is 11.7 Å². The largest absolute Gasteiger partial charge is 0.445 e. The van der Waals surface area contributed by atoms with E-state index >= 15 is 0 Å². The van der Waals surface area contributed by atoms with E-state index in [1.165, 1.54) is 0 Å². The predicted octanol–water partition coefficient (Wildman–Crippen LogP) is 3.56. The molecule has 1 heterocycles. The number of rotatable bonds is 3. The van der Waals surface area contributed by atoms with Gasteiger partial charge in [0.1, 0.15) is 12.2 Å². The highest BCUT2D eigenvalue weighted by molar-refractivity contribution is 5.69. The third-order valence-corrected chi connectivity index (χ3v) is 3.84. The zero-order chi connectivity index (χ0) is 18.4. The van der Waals surface area contributed by atoms with Gasteiger partial charge in [0.2, 0.25) is 0 Å². The van der Waals surface area contributed by atoms with Crippen LogP contribution in [0.25, 0.3) is 0 Å². The maximum atomic E-state index is 12.3. The second kappa shape index (κ2) is 8.23. The van der Waals surface area contributed by atoms with Gasteiger partial charge in [-0.1, -0.05) is 37.3 Å². The number of carbonyl (C=O) groups excluding carboxylic acids is 2. The first-order valence-electron chi connectivity index (χ1n) is 8.68. The van der Waals surface area contributed by atoms with Crippen LogP contribution in [0.3, 0.4) is 0 Å². The molecule has 2 atom stereocenters. The quantitative estimate of drug-likeness (QED) is 0.907. The lowest BCUT2D eigenvalue weighted by molar-refractivity contribution is 0.0420. The number of nitrogens with zero attached hydrogens (tertiary/aromatic N) is 1. The minimum Gasteiger partial charge on any atom is -0.445 e. The Bertz CT molecular complexity index is 583. The van der Waals surface area contributed by atoms with Gasteiger partial charge in [-0.25, -0.2) is 9.59 Å². The number of nitrogens with one attached hydrogen (secondary N) is 1. The first-order chi connectivity index (χ1) is 11.7. The van der Waals surface area contributed by atoms with Crippen molar-refractivity contribution in [2.24, 2.45) is 5.92 Å². The summed E-state index contributed by atoms with van der Waals surface area (Å²) in [7, 11) is 0. The summed E-state index contributed by atoms with van der Waals surface area (Å²) in [6, 6.07) is 9.44. The van der Waals surface area contributed by atoms with E-state index in [9.17, 15) is 9.59 Å². The van der Waals surface area contributed by atoms with E-state index in [0.29, 0.717) is 13.1 Å². The molecule has 0 aliphatic carbocycles. The molecular formula is C19H28N2O4. The van der Waals surface area contributed by atoms with E-state index in [4.69, 9.17) is 9.47 Å². The summed E-state index contributed by atoms with van der Waals surface area (Å²) in [5.74, 6) is 0.276. The number of likely N-dealkylation sites (tertiary alicyclic amines) is 1. The highest BCUT2D eigenvalue weighted by atomic mass is 16.6. The normalized spacial score (nSPS) is 20.7. The van der Waals surface area contributed by atoms with Crippen LogP contribution < -0.4 is 5.32 Å². The highest BCUT2D eigenvalue weighted by Crippen LogP contribution is 2.18. The van der Waals surface area contributed by atoms with Crippen LogP contribution in [0.1, 0.15) is 39.7 Å². The van der Waals surface area contributed by atoms with Gasteiger partial charge < -0.3 is 19.7 Å². The first kappa shape index (κ1) is 19.1. The summed E-state index contributed by atoms with van der Waals surface area (Å²) in [5.41, 5.74) is 0.405. The molecule has 2 rings (SSSR count). The van der Waals surface area contributed by atoms with Gasteiger partial charge in [0.05, 0.1) is 6.04 Å². The third kappa shape index (κ3) is 6.64. The molecule has 0 spiro atoms. The molecule has 6 nitrogen and oxygen atoms in total. The molecule has 1 aliphatic heterocycles. The number of piperidine rings is 1. The van der Waals surface area contributed by atoms with Crippen molar-refractivity contribution in [3.05, 3.63) is 35.9 Å². The lowest BCUT2D eigenvalue weighted by Crippen LogP contribution is -2.52. The van der Waals surface area contributed by atoms with Crippen molar-refractivity contribution in [1.82, 2.24) is 10.2 Å². The number of benzene rings is 1. The average molecular weight is 348 g/mol. The topological polar surface area (TPSA) is 67.9 Å². The molecule has 0 aromatic heterocycles. The molecule has 1 unspecified atom stereocenters. The molecule has 25 heavy (non-hydrogen) atoms. The Balaban J connectivity index is 1.86. The third-order valence-electron chi connectivity index (χ3n) is 3.84. The summed E-state index contributed by atoms with van der Waals surface area (Å²) in [6.07, 6.45) is -0.00238. The fraction of sp³-hybridized carbons (Fsp3) is 0.579. The molecule has 1 saturated heterocycles. The summed E-state index contributed by atoms with van der Waals surface area (Å²) in [6.45, 7) is 8.82. The van der Waals surface area contributed by atoms with E-state index in [1.807, 2.05) is 51.1 Å². The van der Waals surface area contributed by atoms with Crippen molar-refractivity contribution >= 4 is 12.2 Å². The summed E-state index contributed by atoms with van der Waals surface area (Å²) in [4.78, 5) is 25.9. The molecule has 1 fully saturated rings. The fourth-order valence-electron chi connectivity index (χ4n) is 2.89. The Morgan fingerprint density at radius 3 is 2.52 bits per heavy atom. The van der Waals surface area contributed by atoms with E-state index in [0.717, 1.165) is 12.0 Å². The lowest BCUT2D eigenvalue weighted by atomic mass is 9.96. The zero-order valence-electron chi connectivity index (χ0n) is 15.5. The predicted molar refractivity (Wildman–Crippen MR) is 95.1 cm³/mol. The molecule has 1 aliphatic rings. The van der Waals surface area contributed by atoms with Crippen LogP contribution in [0.5, 0.6) is 0 Å². The number of hydrogen-bond acceptors (Lipinski definition) is 4.